The van der Waals surface area contributed by atoms with Crippen LogP contribution in [-0.4, -0.2) is 36.1 Å². The molecule has 1 heterocycles. The van der Waals surface area contributed by atoms with Gasteiger partial charge in [-0.3, -0.25) is 0 Å². The second-order valence-corrected chi connectivity index (χ2v) is 4.22. The molecule has 0 aliphatic heterocycles. The fourth-order valence-corrected chi connectivity index (χ4v) is 1.69. The van der Waals surface area contributed by atoms with Gasteiger partial charge in [0.05, 0.1) is 12.3 Å². The summed E-state index contributed by atoms with van der Waals surface area (Å²) in [6, 6.07) is 8.87. The Hall–Kier alpha value is -2.34. The van der Waals surface area contributed by atoms with Crippen LogP contribution < -0.4 is 5.73 Å². The summed E-state index contributed by atoms with van der Waals surface area (Å²) in [6.45, 7) is 0.878. The molecule has 1 aromatic heterocycles. The molecular formula is C14H17N3O3. The molecule has 0 aliphatic carbocycles. The summed E-state index contributed by atoms with van der Waals surface area (Å²) < 4.78 is 11.5. The molecule has 0 fully saturated rings. The Bertz CT molecular complexity index is 581. The normalized spacial score (nSPS) is 10.4. The number of nitrogens with zero attached hydrogens (tertiary/aromatic N) is 2. The fourth-order valence-electron chi connectivity index (χ4n) is 1.69. The minimum atomic E-state index is -0.441. The number of benzene rings is 1. The second kappa shape index (κ2) is 6.72. The number of ether oxygens (including phenoxy) is 2. The van der Waals surface area contributed by atoms with Gasteiger partial charge in [0.1, 0.15) is 0 Å². The standard InChI is InChI=1S/C14H17N3O3/c1-19-8-3-9-20-14(18)13-6-7-17(16-13)12-5-2-4-11(15)10-12/h2,4-7,10H,3,8-9,15H2,1H3. The maximum Gasteiger partial charge on any atom is 0.358 e. The van der Waals surface area contributed by atoms with E-state index in [1.807, 2.05) is 12.1 Å². The zero-order valence-electron chi connectivity index (χ0n) is 11.3. The molecule has 0 atom stereocenters. The van der Waals surface area contributed by atoms with Crippen molar-refractivity contribution in [2.24, 2.45) is 0 Å². The molecule has 2 rings (SSSR count). The third-order valence-corrected chi connectivity index (χ3v) is 2.66. The van der Waals surface area contributed by atoms with E-state index in [1.54, 1.807) is 36.2 Å². The number of nitrogen functional groups attached to an aromatic ring is 1. The number of anilines is 1. The van der Waals surface area contributed by atoms with Gasteiger partial charge in [0, 0.05) is 32.0 Å². The number of aromatic nitrogens is 2. The highest BCUT2D eigenvalue weighted by atomic mass is 16.5. The van der Waals surface area contributed by atoms with Crippen LogP contribution in [0, 0.1) is 0 Å². The van der Waals surface area contributed by atoms with E-state index < -0.39 is 5.97 Å². The Morgan fingerprint density at radius 1 is 1.35 bits per heavy atom. The molecule has 2 aromatic rings. The third-order valence-electron chi connectivity index (χ3n) is 2.66. The minimum Gasteiger partial charge on any atom is -0.461 e. The van der Waals surface area contributed by atoms with Crippen LogP contribution in [0.15, 0.2) is 36.5 Å². The summed E-state index contributed by atoms with van der Waals surface area (Å²) in [5, 5.41) is 4.18. The first-order chi connectivity index (χ1) is 9.70. The van der Waals surface area contributed by atoms with E-state index in [9.17, 15) is 4.79 Å². The van der Waals surface area contributed by atoms with Gasteiger partial charge in [-0.05, 0) is 24.3 Å². The number of rotatable bonds is 6. The van der Waals surface area contributed by atoms with Crippen molar-refractivity contribution in [2.45, 2.75) is 6.42 Å². The Labute approximate surface area is 117 Å². The first kappa shape index (κ1) is 14.1. The number of carbonyl (C=O) groups excluding carboxylic acids is 1. The number of hydrogen-bond acceptors (Lipinski definition) is 5. The molecule has 0 saturated carbocycles. The highest BCUT2D eigenvalue weighted by Gasteiger charge is 2.11. The van der Waals surface area contributed by atoms with Crippen molar-refractivity contribution in [3.05, 3.63) is 42.2 Å². The molecule has 106 valence electrons. The van der Waals surface area contributed by atoms with Crippen LogP contribution in [0.3, 0.4) is 0 Å². The predicted molar refractivity (Wildman–Crippen MR) is 74.8 cm³/mol. The largest absolute Gasteiger partial charge is 0.461 e. The molecule has 0 saturated heterocycles. The number of carbonyl (C=O) groups is 1. The van der Waals surface area contributed by atoms with Crippen molar-refractivity contribution < 1.29 is 14.3 Å². The molecule has 1 aromatic carbocycles. The lowest BCUT2D eigenvalue weighted by atomic mass is 10.3. The Morgan fingerprint density at radius 2 is 2.20 bits per heavy atom. The lowest BCUT2D eigenvalue weighted by Crippen LogP contribution is -2.09. The van der Waals surface area contributed by atoms with E-state index in [2.05, 4.69) is 5.10 Å². The smallest absolute Gasteiger partial charge is 0.358 e. The van der Waals surface area contributed by atoms with Crippen molar-refractivity contribution in [3.8, 4) is 5.69 Å². The molecule has 0 radical (unpaired) electrons. The van der Waals surface area contributed by atoms with Gasteiger partial charge in [0.15, 0.2) is 5.69 Å². The van der Waals surface area contributed by atoms with Crippen LogP contribution in [0.4, 0.5) is 5.69 Å². The second-order valence-electron chi connectivity index (χ2n) is 4.22. The molecule has 20 heavy (non-hydrogen) atoms. The lowest BCUT2D eigenvalue weighted by molar-refractivity contribution is 0.0461. The number of nitrogens with two attached hydrogens (primary N) is 1. The average molecular weight is 275 g/mol. The number of hydrogen-bond donors (Lipinski definition) is 1. The molecule has 0 unspecified atom stereocenters. The van der Waals surface area contributed by atoms with Crippen LogP contribution in [0.1, 0.15) is 16.9 Å². The summed E-state index contributed by atoms with van der Waals surface area (Å²) in [5.41, 5.74) is 7.42. The predicted octanol–water partition coefficient (Wildman–Crippen LogP) is 1.65. The molecule has 2 N–H and O–H groups in total. The maximum atomic E-state index is 11.8. The number of esters is 1. The van der Waals surface area contributed by atoms with Gasteiger partial charge >= 0.3 is 5.97 Å². The molecule has 0 spiro atoms. The van der Waals surface area contributed by atoms with Crippen molar-refractivity contribution in [3.63, 3.8) is 0 Å². The van der Waals surface area contributed by atoms with Gasteiger partial charge in [-0.25, -0.2) is 9.48 Å². The zero-order valence-corrected chi connectivity index (χ0v) is 11.3. The van der Waals surface area contributed by atoms with Crippen LogP contribution in [0.5, 0.6) is 0 Å². The van der Waals surface area contributed by atoms with Crippen molar-refractivity contribution in [2.75, 3.05) is 26.1 Å². The topological polar surface area (TPSA) is 79.4 Å². The van der Waals surface area contributed by atoms with Gasteiger partial charge in [-0.2, -0.15) is 5.10 Å². The fraction of sp³-hybridized carbons (Fsp3) is 0.286. The van der Waals surface area contributed by atoms with E-state index in [0.29, 0.717) is 25.3 Å². The summed E-state index contributed by atoms with van der Waals surface area (Å²) >= 11 is 0. The summed E-state index contributed by atoms with van der Waals surface area (Å²) in [7, 11) is 1.61. The molecule has 0 bridgehead atoms. The van der Waals surface area contributed by atoms with Crippen LogP contribution in [0.2, 0.25) is 0 Å². The molecular weight excluding hydrogens is 258 g/mol. The Kier molecular flexibility index (Phi) is 4.73. The Morgan fingerprint density at radius 3 is 2.95 bits per heavy atom. The summed E-state index contributed by atoms with van der Waals surface area (Å²) in [6.07, 6.45) is 2.36. The lowest BCUT2D eigenvalue weighted by Gasteiger charge is -2.03. The summed E-state index contributed by atoms with van der Waals surface area (Å²) in [5.74, 6) is -0.441. The van der Waals surface area contributed by atoms with Gasteiger partial charge in [0.25, 0.3) is 0 Å². The maximum absolute atomic E-state index is 11.8. The van der Waals surface area contributed by atoms with Crippen molar-refractivity contribution >= 4 is 11.7 Å². The van der Waals surface area contributed by atoms with Gasteiger partial charge in [-0.1, -0.05) is 6.07 Å². The van der Waals surface area contributed by atoms with Gasteiger partial charge < -0.3 is 15.2 Å². The quantitative estimate of drug-likeness (QED) is 0.492. The van der Waals surface area contributed by atoms with Crippen LogP contribution in [0.25, 0.3) is 5.69 Å². The third kappa shape index (κ3) is 3.58. The van der Waals surface area contributed by atoms with Gasteiger partial charge in [0.2, 0.25) is 0 Å². The first-order valence-electron chi connectivity index (χ1n) is 6.28. The van der Waals surface area contributed by atoms with Gasteiger partial charge in [-0.15, -0.1) is 0 Å². The van der Waals surface area contributed by atoms with Crippen LogP contribution >= 0.6 is 0 Å². The Balaban J connectivity index is 2.00. The molecule has 0 aliphatic rings. The average Bonchev–Trinajstić information content (AvgIpc) is 2.93. The highest BCUT2D eigenvalue weighted by molar-refractivity contribution is 5.87. The SMILES string of the molecule is COCCCOC(=O)c1ccn(-c2cccc(N)c2)n1. The molecule has 6 heteroatoms. The van der Waals surface area contributed by atoms with Crippen LogP contribution in [-0.2, 0) is 9.47 Å². The molecule has 0 amide bonds. The monoisotopic (exact) mass is 275 g/mol. The van der Waals surface area contributed by atoms with E-state index in [4.69, 9.17) is 15.2 Å². The van der Waals surface area contributed by atoms with E-state index in [0.717, 1.165) is 5.69 Å². The summed E-state index contributed by atoms with van der Waals surface area (Å²) in [4.78, 5) is 11.8. The van der Waals surface area contributed by atoms with Crippen molar-refractivity contribution in [1.82, 2.24) is 9.78 Å². The zero-order chi connectivity index (χ0) is 14.4. The van der Waals surface area contributed by atoms with E-state index >= 15 is 0 Å². The first-order valence-corrected chi connectivity index (χ1v) is 6.28. The minimum absolute atomic E-state index is 0.268. The van der Waals surface area contributed by atoms with E-state index in [1.165, 1.54) is 0 Å². The van der Waals surface area contributed by atoms with Crippen molar-refractivity contribution in [1.29, 1.82) is 0 Å². The highest BCUT2D eigenvalue weighted by Crippen LogP contribution is 2.12. The molecule has 6 nitrogen and oxygen atoms in total. The van der Waals surface area contributed by atoms with E-state index in [-0.39, 0.29) is 5.69 Å². The number of methoxy groups -OCH3 is 1.